The minimum atomic E-state index is -0.255. The lowest BCUT2D eigenvalue weighted by molar-refractivity contribution is 0.264. The summed E-state index contributed by atoms with van der Waals surface area (Å²) in [6, 6.07) is 2.39. The lowest BCUT2D eigenvalue weighted by Gasteiger charge is -2.17. The maximum atomic E-state index is 9.11. The van der Waals surface area contributed by atoms with Gasteiger partial charge < -0.3 is 5.11 Å². The van der Waals surface area contributed by atoms with Gasteiger partial charge in [0, 0.05) is 12.5 Å². The summed E-state index contributed by atoms with van der Waals surface area (Å²) in [7, 11) is 0. The zero-order valence-electron chi connectivity index (χ0n) is 7.79. The molecule has 1 fully saturated rings. The zero-order chi connectivity index (χ0) is 9.31. The molecular weight excluding hydrogens is 162 g/mol. The van der Waals surface area contributed by atoms with Crippen LogP contribution < -0.4 is 0 Å². The summed E-state index contributed by atoms with van der Waals surface area (Å²) in [6.45, 7) is 0.172. The largest absolute Gasteiger partial charge is 0.396 e. The maximum absolute atomic E-state index is 9.11. The Labute approximate surface area is 78.9 Å². The van der Waals surface area contributed by atoms with Gasteiger partial charge in [-0.3, -0.25) is 0 Å². The van der Waals surface area contributed by atoms with Gasteiger partial charge in [0.05, 0.1) is 11.5 Å². The number of rotatable bonds is 2. The monoisotopic (exact) mass is 177 g/mol. The van der Waals surface area contributed by atoms with E-state index in [1.165, 1.54) is 18.4 Å². The van der Waals surface area contributed by atoms with Crippen LogP contribution in [-0.2, 0) is 0 Å². The van der Waals surface area contributed by atoms with Crippen molar-refractivity contribution < 1.29 is 5.11 Å². The molecule has 2 aliphatic rings. The van der Waals surface area contributed by atoms with Crippen LogP contribution in [-0.4, -0.2) is 11.7 Å². The quantitative estimate of drug-likeness (QED) is 0.656. The van der Waals surface area contributed by atoms with Crippen molar-refractivity contribution in [2.24, 2.45) is 11.3 Å². The molecule has 0 saturated heterocycles. The number of aliphatic hydroxyl groups excluding tert-OH is 1. The Kier molecular flexibility index (Phi) is 2.13. The molecule has 2 atom stereocenters. The molecule has 2 rings (SSSR count). The van der Waals surface area contributed by atoms with Crippen LogP contribution in [0.25, 0.3) is 0 Å². The Bertz CT molecular complexity index is 276. The molecule has 13 heavy (non-hydrogen) atoms. The van der Waals surface area contributed by atoms with Gasteiger partial charge in [0.1, 0.15) is 0 Å². The maximum Gasteiger partial charge on any atom is 0.0837 e. The smallest absolute Gasteiger partial charge is 0.0837 e. The summed E-state index contributed by atoms with van der Waals surface area (Å²) >= 11 is 0. The average Bonchev–Trinajstić information content (AvgIpc) is 2.94. The molecule has 1 saturated carbocycles. The first-order valence-corrected chi connectivity index (χ1v) is 5.05. The number of hydrogen-bond acceptors (Lipinski definition) is 2. The molecule has 0 bridgehead atoms. The average molecular weight is 177 g/mol. The van der Waals surface area contributed by atoms with Crippen molar-refractivity contribution in [3.05, 3.63) is 11.6 Å². The number of allylic oxidation sites excluding steroid dienone is 2. The van der Waals surface area contributed by atoms with E-state index in [9.17, 15) is 0 Å². The fraction of sp³-hybridized carbons (Fsp3) is 0.727. The van der Waals surface area contributed by atoms with Crippen LogP contribution in [0.2, 0.25) is 0 Å². The standard InChI is InChI=1S/C11H15NO/c12-8-11(6-10(11)7-13)9-4-2-1-3-5-9/h4,10,13H,1-3,5-7H2. The summed E-state index contributed by atoms with van der Waals surface area (Å²) in [4.78, 5) is 0. The molecule has 2 unspecified atom stereocenters. The third-order valence-corrected chi connectivity index (χ3v) is 3.39. The second-order valence-corrected chi connectivity index (χ2v) is 4.14. The van der Waals surface area contributed by atoms with Crippen molar-refractivity contribution in [2.45, 2.75) is 32.1 Å². The van der Waals surface area contributed by atoms with Crippen molar-refractivity contribution >= 4 is 0 Å². The number of aliphatic hydroxyl groups is 1. The Balaban J connectivity index is 2.15. The molecule has 0 aliphatic heterocycles. The SMILES string of the molecule is N#CC1(C2=CCCCC2)CC1CO. The van der Waals surface area contributed by atoms with Crippen LogP contribution >= 0.6 is 0 Å². The third kappa shape index (κ3) is 1.28. The van der Waals surface area contributed by atoms with Crippen LogP contribution in [0.15, 0.2) is 11.6 Å². The number of hydrogen-bond donors (Lipinski definition) is 1. The lowest BCUT2D eigenvalue weighted by atomic mass is 9.86. The van der Waals surface area contributed by atoms with Gasteiger partial charge in [-0.05, 0) is 32.1 Å². The molecule has 0 aromatic heterocycles. The van der Waals surface area contributed by atoms with Crippen LogP contribution in [0.5, 0.6) is 0 Å². The Morgan fingerprint density at radius 1 is 1.62 bits per heavy atom. The molecule has 1 N–H and O–H groups in total. The molecule has 0 aromatic rings. The minimum Gasteiger partial charge on any atom is -0.396 e. The summed E-state index contributed by atoms with van der Waals surface area (Å²) in [5, 5.41) is 18.1. The Morgan fingerprint density at radius 3 is 2.92 bits per heavy atom. The number of nitrogens with zero attached hydrogens (tertiary/aromatic N) is 1. The summed E-state index contributed by atoms with van der Waals surface area (Å²) < 4.78 is 0. The first-order valence-electron chi connectivity index (χ1n) is 5.05. The fourth-order valence-corrected chi connectivity index (χ4v) is 2.40. The van der Waals surface area contributed by atoms with Crippen LogP contribution in [0.4, 0.5) is 0 Å². The fourth-order valence-electron chi connectivity index (χ4n) is 2.40. The Morgan fingerprint density at radius 2 is 2.46 bits per heavy atom. The lowest BCUT2D eigenvalue weighted by Crippen LogP contribution is -2.10. The van der Waals surface area contributed by atoms with Crippen molar-refractivity contribution in [3.63, 3.8) is 0 Å². The van der Waals surface area contributed by atoms with E-state index >= 15 is 0 Å². The van der Waals surface area contributed by atoms with E-state index in [0.717, 1.165) is 19.3 Å². The first kappa shape index (κ1) is 8.77. The van der Waals surface area contributed by atoms with Crippen LogP contribution in [0, 0.1) is 22.7 Å². The highest BCUT2D eigenvalue weighted by atomic mass is 16.3. The van der Waals surface area contributed by atoms with E-state index in [0.29, 0.717) is 0 Å². The normalized spacial score (nSPS) is 37.8. The van der Waals surface area contributed by atoms with Crippen LogP contribution in [0.3, 0.4) is 0 Å². The second-order valence-electron chi connectivity index (χ2n) is 4.14. The minimum absolute atomic E-state index is 0.172. The molecule has 0 radical (unpaired) electrons. The van der Waals surface area contributed by atoms with E-state index in [-0.39, 0.29) is 17.9 Å². The van der Waals surface area contributed by atoms with Gasteiger partial charge in [0.25, 0.3) is 0 Å². The van der Waals surface area contributed by atoms with Crippen molar-refractivity contribution in [2.75, 3.05) is 6.61 Å². The van der Waals surface area contributed by atoms with Gasteiger partial charge >= 0.3 is 0 Å². The van der Waals surface area contributed by atoms with E-state index in [2.05, 4.69) is 12.1 Å². The van der Waals surface area contributed by atoms with Crippen molar-refractivity contribution in [3.8, 4) is 6.07 Å². The van der Waals surface area contributed by atoms with E-state index in [1.807, 2.05) is 0 Å². The second kappa shape index (κ2) is 3.16. The van der Waals surface area contributed by atoms with Gasteiger partial charge in [-0.2, -0.15) is 5.26 Å². The molecule has 0 amide bonds. The van der Waals surface area contributed by atoms with Gasteiger partial charge in [0.2, 0.25) is 0 Å². The molecular formula is C11H15NO. The predicted octanol–water partition coefficient (Wildman–Crippen LogP) is 2.01. The summed E-state index contributed by atoms with van der Waals surface area (Å²) in [5.74, 6) is 0.224. The Hall–Kier alpha value is -0.810. The first-order chi connectivity index (χ1) is 6.33. The van der Waals surface area contributed by atoms with Gasteiger partial charge in [-0.1, -0.05) is 11.6 Å². The summed E-state index contributed by atoms with van der Waals surface area (Å²) in [5.41, 5.74) is 1.05. The van der Waals surface area contributed by atoms with E-state index < -0.39 is 0 Å². The van der Waals surface area contributed by atoms with Gasteiger partial charge in [-0.15, -0.1) is 0 Å². The van der Waals surface area contributed by atoms with Crippen molar-refractivity contribution in [1.29, 1.82) is 5.26 Å². The number of nitriles is 1. The van der Waals surface area contributed by atoms with Crippen LogP contribution in [0.1, 0.15) is 32.1 Å². The molecule has 0 heterocycles. The molecule has 0 aromatic carbocycles. The van der Waals surface area contributed by atoms with E-state index in [4.69, 9.17) is 10.4 Å². The zero-order valence-corrected chi connectivity index (χ0v) is 7.79. The van der Waals surface area contributed by atoms with Gasteiger partial charge in [-0.25, -0.2) is 0 Å². The summed E-state index contributed by atoms with van der Waals surface area (Å²) in [6.07, 6.45) is 7.78. The molecule has 2 nitrogen and oxygen atoms in total. The topological polar surface area (TPSA) is 44.0 Å². The van der Waals surface area contributed by atoms with Gasteiger partial charge in [0.15, 0.2) is 0 Å². The van der Waals surface area contributed by atoms with Crippen molar-refractivity contribution in [1.82, 2.24) is 0 Å². The molecule has 0 spiro atoms. The van der Waals surface area contributed by atoms with E-state index in [1.54, 1.807) is 0 Å². The predicted molar refractivity (Wildman–Crippen MR) is 49.8 cm³/mol. The highest BCUT2D eigenvalue weighted by molar-refractivity contribution is 5.35. The molecule has 2 heteroatoms. The molecule has 70 valence electrons. The third-order valence-electron chi connectivity index (χ3n) is 3.39. The highest BCUT2D eigenvalue weighted by Crippen LogP contribution is 2.58. The molecule has 2 aliphatic carbocycles. The highest BCUT2D eigenvalue weighted by Gasteiger charge is 2.56.